The van der Waals surface area contributed by atoms with E-state index in [1.807, 2.05) is 4.90 Å². The molecule has 3 heterocycles. The van der Waals surface area contributed by atoms with Gasteiger partial charge in [-0.3, -0.25) is 9.58 Å². The van der Waals surface area contributed by atoms with Crippen molar-refractivity contribution >= 4 is 35.0 Å². The third-order valence-corrected chi connectivity index (χ3v) is 5.40. The molecule has 0 spiro atoms. The van der Waals surface area contributed by atoms with Crippen LogP contribution in [0.25, 0.3) is 0 Å². The van der Waals surface area contributed by atoms with E-state index in [2.05, 4.69) is 19.7 Å². The fourth-order valence-electron chi connectivity index (χ4n) is 3.00. The molecule has 0 atom stereocenters. The molecule has 2 aromatic heterocycles. The maximum Gasteiger partial charge on any atom is 0.417 e. The SMILES string of the molecule is COC(=O)c1nn(CN2CCN(c3ncc(C(F)(F)F)cc3Cl)CC2)c(C)c1Cl. The summed E-state index contributed by atoms with van der Waals surface area (Å²) in [5.41, 5.74) is -0.176. The van der Waals surface area contributed by atoms with Crippen molar-refractivity contribution in [1.29, 1.82) is 0 Å². The zero-order chi connectivity index (χ0) is 21.3. The van der Waals surface area contributed by atoms with Gasteiger partial charge in [0.1, 0.15) is 5.82 Å². The number of piperazine rings is 1. The monoisotopic (exact) mass is 451 g/mol. The molecule has 0 aliphatic carbocycles. The Labute approximate surface area is 174 Å². The number of carbonyl (C=O) groups excluding carboxylic acids is 1. The van der Waals surface area contributed by atoms with E-state index < -0.39 is 17.7 Å². The van der Waals surface area contributed by atoms with Crippen molar-refractivity contribution in [2.45, 2.75) is 19.8 Å². The van der Waals surface area contributed by atoms with Gasteiger partial charge in [0.05, 0.1) is 35.1 Å². The Morgan fingerprint density at radius 1 is 1.24 bits per heavy atom. The number of nitrogens with zero attached hydrogens (tertiary/aromatic N) is 5. The van der Waals surface area contributed by atoms with Crippen molar-refractivity contribution in [2.24, 2.45) is 0 Å². The van der Waals surface area contributed by atoms with Crippen molar-refractivity contribution in [2.75, 3.05) is 38.2 Å². The number of alkyl halides is 3. The minimum atomic E-state index is -4.49. The highest BCUT2D eigenvalue weighted by Crippen LogP contribution is 2.33. The van der Waals surface area contributed by atoms with Crippen LogP contribution in [0.3, 0.4) is 0 Å². The molecule has 0 amide bonds. The standard InChI is InChI=1S/C17H18Cl2F3N5O2/c1-10-13(19)14(16(28)29-2)24-27(10)9-25-3-5-26(6-4-25)15-12(18)7-11(8-23-15)17(20,21)22/h7-8H,3-6,9H2,1-2H3. The summed E-state index contributed by atoms with van der Waals surface area (Å²) in [4.78, 5) is 19.5. The topological polar surface area (TPSA) is 63.5 Å². The Morgan fingerprint density at radius 2 is 1.90 bits per heavy atom. The third kappa shape index (κ3) is 4.59. The van der Waals surface area contributed by atoms with Gasteiger partial charge in [0.2, 0.25) is 0 Å². The van der Waals surface area contributed by atoms with Crippen LogP contribution in [0.2, 0.25) is 10.0 Å². The van der Waals surface area contributed by atoms with Crippen molar-refractivity contribution in [3.05, 3.63) is 39.3 Å². The van der Waals surface area contributed by atoms with Gasteiger partial charge in [0.25, 0.3) is 0 Å². The van der Waals surface area contributed by atoms with Gasteiger partial charge in [-0.05, 0) is 13.0 Å². The molecule has 1 fully saturated rings. The second-order valence-electron chi connectivity index (χ2n) is 6.51. The van der Waals surface area contributed by atoms with Gasteiger partial charge >= 0.3 is 12.1 Å². The van der Waals surface area contributed by atoms with E-state index in [0.717, 1.165) is 12.3 Å². The molecule has 0 saturated carbocycles. The van der Waals surface area contributed by atoms with Crippen LogP contribution < -0.4 is 4.90 Å². The van der Waals surface area contributed by atoms with E-state index in [9.17, 15) is 18.0 Å². The fourth-order valence-corrected chi connectivity index (χ4v) is 3.50. The summed E-state index contributed by atoms with van der Waals surface area (Å²) in [5.74, 6) is -0.282. The van der Waals surface area contributed by atoms with Crippen LogP contribution >= 0.6 is 23.2 Å². The third-order valence-electron chi connectivity index (χ3n) is 4.67. The number of ether oxygens (including phenoxy) is 1. The molecule has 0 aromatic carbocycles. The largest absolute Gasteiger partial charge is 0.464 e. The molecule has 1 aliphatic heterocycles. The number of hydrogen-bond donors (Lipinski definition) is 0. The van der Waals surface area contributed by atoms with Gasteiger partial charge in [-0.15, -0.1) is 0 Å². The van der Waals surface area contributed by atoms with Crippen LogP contribution in [0.4, 0.5) is 19.0 Å². The van der Waals surface area contributed by atoms with Crippen LogP contribution in [0, 0.1) is 6.92 Å². The lowest BCUT2D eigenvalue weighted by Gasteiger charge is -2.35. The average molecular weight is 452 g/mol. The Morgan fingerprint density at radius 3 is 2.45 bits per heavy atom. The van der Waals surface area contributed by atoms with E-state index in [1.54, 1.807) is 11.6 Å². The highest BCUT2D eigenvalue weighted by Gasteiger charge is 2.32. The molecule has 7 nitrogen and oxygen atoms in total. The van der Waals surface area contributed by atoms with Crippen LogP contribution in [0.15, 0.2) is 12.3 Å². The first-order valence-electron chi connectivity index (χ1n) is 8.63. The van der Waals surface area contributed by atoms with Crippen LogP contribution in [0.1, 0.15) is 21.7 Å². The number of aromatic nitrogens is 3. The normalized spacial score (nSPS) is 15.6. The van der Waals surface area contributed by atoms with E-state index in [4.69, 9.17) is 23.2 Å². The molecule has 2 aromatic rings. The number of carbonyl (C=O) groups is 1. The fraction of sp³-hybridized carbons (Fsp3) is 0.471. The zero-order valence-corrected chi connectivity index (χ0v) is 17.1. The van der Waals surface area contributed by atoms with Crippen molar-refractivity contribution in [3.63, 3.8) is 0 Å². The first-order chi connectivity index (χ1) is 13.6. The number of halogens is 5. The predicted octanol–water partition coefficient (Wildman–Crippen LogP) is 3.48. The average Bonchev–Trinajstić information content (AvgIpc) is 2.96. The Hall–Kier alpha value is -2.04. The number of rotatable bonds is 4. The first-order valence-corrected chi connectivity index (χ1v) is 9.38. The van der Waals surface area contributed by atoms with Gasteiger partial charge in [-0.2, -0.15) is 18.3 Å². The van der Waals surface area contributed by atoms with Gasteiger partial charge in [0, 0.05) is 32.4 Å². The quantitative estimate of drug-likeness (QED) is 0.663. The first kappa shape index (κ1) is 21.7. The Kier molecular flexibility index (Phi) is 6.25. The molecule has 0 bridgehead atoms. The summed E-state index contributed by atoms with van der Waals surface area (Å²) in [6, 6.07) is 0.889. The number of methoxy groups -OCH3 is 1. The number of pyridine rings is 1. The van der Waals surface area contributed by atoms with Gasteiger partial charge in [-0.25, -0.2) is 9.78 Å². The lowest BCUT2D eigenvalue weighted by atomic mass is 10.2. The molecule has 0 unspecified atom stereocenters. The highest BCUT2D eigenvalue weighted by atomic mass is 35.5. The van der Waals surface area contributed by atoms with Gasteiger partial charge in [-0.1, -0.05) is 23.2 Å². The Balaban J connectivity index is 1.65. The molecule has 29 heavy (non-hydrogen) atoms. The molecular formula is C17H18Cl2F3N5O2. The summed E-state index contributed by atoms with van der Waals surface area (Å²) in [5, 5.41) is 4.42. The van der Waals surface area contributed by atoms with E-state index in [1.165, 1.54) is 7.11 Å². The van der Waals surface area contributed by atoms with Gasteiger partial charge < -0.3 is 9.64 Å². The van der Waals surface area contributed by atoms with E-state index >= 15 is 0 Å². The lowest BCUT2D eigenvalue weighted by molar-refractivity contribution is -0.137. The van der Waals surface area contributed by atoms with Crippen molar-refractivity contribution in [1.82, 2.24) is 19.7 Å². The van der Waals surface area contributed by atoms with Crippen LogP contribution in [-0.4, -0.2) is 58.9 Å². The summed E-state index contributed by atoms with van der Waals surface area (Å²) in [7, 11) is 1.26. The lowest BCUT2D eigenvalue weighted by Crippen LogP contribution is -2.47. The molecule has 3 rings (SSSR count). The summed E-state index contributed by atoms with van der Waals surface area (Å²) < 4.78 is 44.6. The molecule has 0 radical (unpaired) electrons. The maximum absolute atomic E-state index is 12.8. The van der Waals surface area contributed by atoms with E-state index in [0.29, 0.717) is 44.4 Å². The van der Waals surface area contributed by atoms with Crippen molar-refractivity contribution < 1.29 is 22.7 Å². The zero-order valence-electron chi connectivity index (χ0n) is 15.6. The second kappa shape index (κ2) is 8.37. The van der Waals surface area contributed by atoms with Crippen molar-refractivity contribution in [3.8, 4) is 0 Å². The molecule has 158 valence electrons. The maximum atomic E-state index is 12.8. The number of hydrogen-bond acceptors (Lipinski definition) is 6. The molecule has 1 saturated heterocycles. The Bertz CT molecular complexity index is 911. The molecule has 1 aliphatic rings. The highest BCUT2D eigenvalue weighted by molar-refractivity contribution is 6.34. The predicted molar refractivity (Wildman–Crippen MR) is 101 cm³/mol. The molecule has 12 heteroatoms. The summed E-state index contributed by atoms with van der Waals surface area (Å²) >= 11 is 12.2. The van der Waals surface area contributed by atoms with E-state index in [-0.39, 0.29) is 15.7 Å². The van der Waals surface area contributed by atoms with Gasteiger partial charge in [0.15, 0.2) is 5.69 Å². The molecule has 0 N–H and O–H groups in total. The van der Waals surface area contributed by atoms with Crippen LogP contribution in [-0.2, 0) is 17.6 Å². The second-order valence-corrected chi connectivity index (χ2v) is 7.30. The smallest absolute Gasteiger partial charge is 0.417 e. The molecular weight excluding hydrogens is 434 g/mol. The summed E-state index contributed by atoms with van der Waals surface area (Å²) in [6.45, 7) is 4.41. The number of esters is 1. The van der Waals surface area contributed by atoms with Crippen LogP contribution in [0.5, 0.6) is 0 Å². The summed E-state index contributed by atoms with van der Waals surface area (Å²) in [6.07, 6.45) is -3.70. The minimum Gasteiger partial charge on any atom is -0.464 e. The number of anilines is 1. The minimum absolute atomic E-state index is 0.0364.